The molecule has 168 valence electrons. The van der Waals surface area contributed by atoms with E-state index in [9.17, 15) is 9.59 Å². The van der Waals surface area contributed by atoms with E-state index >= 15 is 0 Å². The van der Waals surface area contributed by atoms with E-state index in [2.05, 4.69) is 31.9 Å². The van der Waals surface area contributed by atoms with Crippen LogP contribution in [0.15, 0.2) is 41.6 Å². The number of methoxy groups -OCH3 is 1. The maximum Gasteiger partial charge on any atom is 0.302 e. The van der Waals surface area contributed by atoms with E-state index in [1.165, 1.54) is 12.4 Å². The molecule has 0 bridgehead atoms. The predicted octanol–water partition coefficient (Wildman–Crippen LogP) is 1.77. The summed E-state index contributed by atoms with van der Waals surface area (Å²) >= 11 is 0. The van der Waals surface area contributed by atoms with Crippen LogP contribution in [0.2, 0.25) is 0 Å². The van der Waals surface area contributed by atoms with Crippen molar-refractivity contribution in [3.8, 4) is 5.75 Å². The van der Waals surface area contributed by atoms with Crippen LogP contribution < -0.4 is 15.8 Å². The van der Waals surface area contributed by atoms with Crippen LogP contribution >= 0.6 is 0 Å². The summed E-state index contributed by atoms with van der Waals surface area (Å²) in [5.41, 5.74) is 7.54. The van der Waals surface area contributed by atoms with E-state index in [4.69, 9.17) is 14.9 Å². The molecule has 0 aliphatic carbocycles. The number of amides is 2. The summed E-state index contributed by atoms with van der Waals surface area (Å²) in [4.78, 5) is 39.4. The largest absolute Gasteiger partial charge is 0.497 e. The van der Waals surface area contributed by atoms with Gasteiger partial charge in [0.25, 0.3) is 5.91 Å². The van der Waals surface area contributed by atoms with Crippen LogP contribution in [0, 0.1) is 0 Å². The van der Waals surface area contributed by atoms with Gasteiger partial charge in [0.15, 0.2) is 16.9 Å². The molecule has 1 aromatic carbocycles. The number of carbonyl (C=O) groups is 2. The zero-order valence-electron chi connectivity index (χ0n) is 17.7. The van der Waals surface area contributed by atoms with Crippen LogP contribution in [0.25, 0.3) is 22.1 Å². The Kier molecular flexibility index (Phi) is 4.89. The maximum absolute atomic E-state index is 13.1. The third-order valence-corrected chi connectivity index (χ3v) is 5.54. The number of ether oxygens (including phenoxy) is 1. The molecule has 1 aliphatic rings. The monoisotopic (exact) mass is 448 g/mol. The number of aromatic nitrogens is 5. The van der Waals surface area contributed by atoms with Crippen molar-refractivity contribution in [3.63, 3.8) is 0 Å². The van der Waals surface area contributed by atoms with Crippen molar-refractivity contribution in [3.05, 3.63) is 42.9 Å². The molecule has 1 fully saturated rings. The van der Waals surface area contributed by atoms with Crippen molar-refractivity contribution in [2.45, 2.75) is 12.5 Å². The fraction of sp³-hybridized carbons (Fsp3) is 0.238. The number of anilines is 2. The van der Waals surface area contributed by atoms with Crippen molar-refractivity contribution in [2.75, 3.05) is 31.2 Å². The highest BCUT2D eigenvalue weighted by molar-refractivity contribution is 6.12. The maximum atomic E-state index is 13.1. The summed E-state index contributed by atoms with van der Waals surface area (Å²) in [6.07, 6.45) is 3.24. The van der Waals surface area contributed by atoms with Crippen LogP contribution in [0.4, 0.5) is 11.8 Å². The highest BCUT2D eigenvalue weighted by atomic mass is 16.5. The molecular formula is C21H20N8O4. The van der Waals surface area contributed by atoms with Gasteiger partial charge in [0.05, 0.1) is 18.5 Å². The van der Waals surface area contributed by atoms with E-state index in [-0.39, 0.29) is 29.5 Å². The second-order valence-electron chi connectivity index (χ2n) is 7.49. The van der Waals surface area contributed by atoms with Gasteiger partial charge in [0.2, 0.25) is 5.91 Å². The summed E-state index contributed by atoms with van der Waals surface area (Å²) in [5.74, 6) is 0.00375. The molecule has 4 heterocycles. The number of likely N-dealkylation sites (tertiary alicyclic amines) is 1. The average molecular weight is 448 g/mol. The lowest BCUT2D eigenvalue weighted by atomic mass is 10.2. The van der Waals surface area contributed by atoms with Gasteiger partial charge in [-0.05, 0) is 24.6 Å². The lowest BCUT2D eigenvalue weighted by molar-refractivity contribution is -0.125. The molecular weight excluding hydrogens is 428 g/mol. The molecule has 33 heavy (non-hydrogen) atoms. The standard InChI is InChI=1S/C21H20N8O4/c1-3-15(30)28-7-6-11(9-28)29-19-16(18(22)23-10-24-19)17(27-29)20(31)26-21-25-13-8-12(32-2)4-5-14(13)33-21/h3-5,8,10-11H,1,6-7,9H2,2H3,(H2,22,23,24)(H,25,26,31). The van der Waals surface area contributed by atoms with Crippen molar-refractivity contribution in [2.24, 2.45) is 0 Å². The first-order chi connectivity index (χ1) is 16.0. The van der Waals surface area contributed by atoms with E-state index in [0.29, 0.717) is 47.4 Å². The van der Waals surface area contributed by atoms with Gasteiger partial charge < -0.3 is 19.8 Å². The number of oxazole rings is 1. The summed E-state index contributed by atoms with van der Waals surface area (Å²) in [6.45, 7) is 4.49. The van der Waals surface area contributed by atoms with E-state index < -0.39 is 5.91 Å². The molecule has 0 radical (unpaired) electrons. The zero-order valence-corrected chi connectivity index (χ0v) is 17.7. The molecule has 2 amide bonds. The predicted molar refractivity (Wildman–Crippen MR) is 119 cm³/mol. The summed E-state index contributed by atoms with van der Waals surface area (Å²) in [6, 6.07) is 4.95. The zero-order chi connectivity index (χ0) is 23.1. The highest BCUT2D eigenvalue weighted by Gasteiger charge is 2.31. The number of benzene rings is 1. The first-order valence-corrected chi connectivity index (χ1v) is 10.1. The van der Waals surface area contributed by atoms with Crippen molar-refractivity contribution in [1.82, 2.24) is 29.6 Å². The first-order valence-electron chi connectivity index (χ1n) is 10.1. The van der Waals surface area contributed by atoms with Crippen molar-refractivity contribution in [1.29, 1.82) is 0 Å². The van der Waals surface area contributed by atoms with E-state index in [0.717, 1.165) is 0 Å². The number of nitrogens with zero attached hydrogens (tertiary/aromatic N) is 6. The van der Waals surface area contributed by atoms with Gasteiger partial charge in [-0.1, -0.05) is 6.58 Å². The second-order valence-corrected chi connectivity index (χ2v) is 7.49. The number of carbonyl (C=O) groups excluding carboxylic acids is 2. The normalized spacial score (nSPS) is 15.8. The molecule has 4 aromatic rings. The topological polar surface area (TPSA) is 154 Å². The quantitative estimate of drug-likeness (QED) is 0.435. The Labute approximate surface area is 187 Å². The SMILES string of the molecule is C=CC(=O)N1CCC(n2nc(C(=O)Nc3nc4cc(OC)ccc4o3)c3c(N)ncnc32)C1. The van der Waals surface area contributed by atoms with Crippen LogP contribution in [-0.4, -0.2) is 61.6 Å². The molecule has 3 N–H and O–H groups in total. The smallest absolute Gasteiger partial charge is 0.302 e. The third-order valence-electron chi connectivity index (χ3n) is 5.54. The summed E-state index contributed by atoms with van der Waals surface area (Å²) in [5, 5.41) is 7.44. The third kappa shape index (κ3) is 3.50. The minimum absolute atomic E-state index is 0.00463. The van der Waals surface area contributed by atoms with Crippen molar-refractivity contribution >= 4 is 45.8 Å². The van der Waals surface area contributed by atoms with Gasteiger partial charge in [0.1, 0.15) is 23.4 Å². The lowest BCUT2D eigenvalue weighted by Gasteiger charge is -2.14. The Morgan fingerprint density at radius 1 is 1.36 bits per heavy atom. The van der Waals surface area contributed by atoms with Crippen LogP contribution in [0.1, 0.15) is 23.0 Å². The Bertz CT molecular complexity index is 1410. The highest BCUT2D eigenvalue weighted by Crippen LogP contribution is 2.30. The van der Waals surface area contributed by atoms with Crippen LogP contribution in [0.3, 0.4) is 0 Å². The Morgan fingerprint density at radius 2 is 2.21 bits per heavy atom. The van der Waals surface area contributed by atoms with E-state index in [1.54, 1.807) is 34.9 Å². The molecule has 1 atom stereocenters. The average Bonchev–Trinajstić information content (AvgIpc) is 3.54. The molecule has 0 saturated carbocycles. The minimum Gasteiger partial charge on any atom is -0.497 e. The molecule has 5 rings (SSSR count). The molecule has 12 heteroatoms. The molecule has 1 aliphatic heterocycles. The van der Waals surface area contributed by atoms with E-state index in [1.807, 2.05) is 0 Å². The molecule has 12 nitrogen and oxygen atoms in total. The van der Waals surface area contributed by atoms with Gasteiger partial charge in [0, 0.05) is 19.2 Å². The van der Waals surface area contributed by atoms with Crippen LogP contribution in [-0.2, 0) is 4.79 Å². The molecule has 0 spiro atoms. The first kappa shape index (κ1) is 20.4. The molecule has 1 saturated heterocycles. The Balaban J connectivity index is 1.48. The number of nitrogens with two attached hydrogens (primary N) is 1. The van der Waals surface area contributed by atoms with Gasteiger partial charge in [-0.15, -0.1) is 0 Å². The van der Waals surface area contributed by atoms with Gasteiger partial charge in [-0.3, -0.25) is 14.9 Å². The number of hydrogen-bond acceptors (Lipinski definition) is 9. The fourth-order valence-corrected chi connectivity index (χ4v) is 3.92. The molecule has 1 unspecified atom stereocenters. The van der Waals surface area contributed by atoms with Gasteiger partial charge in [-0.2, -0.15) is 10.1 Å². The van der Waals surface area contributed by atoms with Gasteiger partial charge in [-0.25, -0.2) is 14.6 Å². The number of nitrogens with one attached hydrogen (secondary N) is 1. The lowest BCUT2D eigenvalue weighted by Crippen LogP contribution is -2.27. The Hall–Kier alpha value is -4.48. The fourth-order valence-electron chi connectivity index (χ4n) is 3.92. The molecule has 3 aromatic heterocycles. The number of nitrogen functional groups attached to an aromatic ring is 1. The van der Waals surface area contributed by atoms with Crippen LogP contribution in [0.5, 0.6) is 5.75 Å². The van der Waals surface area contributed by atoms with Crippen molar-refractivity contribution < 1.29 is 18.7 Å². The summed E-state index contributed by atoms with van der Waals surface area (Å²) in [7, 11) is 1.55. The number of fused-ring (bicyclic) bond motifs is 2. The Morgan fingerprint density at radius 3 is 3.00 bits per heavy atom. The number of rotatable bonds is 5. The number of hydrogen-bond donors (Lipinski definition) is 2. The summed E-state index contributed by atoms with van der Waals surface area (Å²) < 4.78 is 12.4. The second kappa shape index (κ2) is 7.89. The van der Waals surface area contributed by atoms with Gasteiger partial charge >= 0.3 is 6.01 Å². The minimum atomic E-state index is -0.573.